The van der Waals surface area contributed by atoms with Gasteiger partial charge in [-0.15, -0.1) is 0 Å². The van der Waals surface area contributed by atoms with Gasteiger partial charge in [0.25, 0.3) is 5.56 Å². The molecule has 0 unspecified atom stereocenters. The SMILES string of the molecule is COc1cccc(NC(=O)Cn2c(=O)n(Cc3ccccc3)c(=O)c3cccnc32)c1. The van der Waals surface area contributed by atoms with Crippen LogP contribution in [0.15, 0.2) is 82.5 Å². The third kappa shape index (κ3) is 4.23. The van der Waals surface area contributed by atoms with Crippen molar-refractivity contribution in [3.63, 3.8) is 0 Å². The van der Waals surface area contributed by atoms with E-state index in [9.17, 15) is 14.4 Å². The number of hydrogen-bond donors (Lipinski definition) is 1. The number of nitrogens with zero attached hydrogens (tertiary/aromatic N) is 3. The van der Waals surface area contributed by atoms with Gasteiger partial charge in [0.15, 0.2) is 0 Å². The highest BCUT2D eigenvalue weighted by Crippen LogP contribution is 2.16. The fourth-order valence-corrected chi connectivity index (χ4v) is 3.34. The largest absolute Gasteiger partial charge is 0.497 e. The summed E-state index contributed by atoms with van der Waals surface area (Å²) >= 11 is 0. The number of aromatic nitrogens is 3. The van der Waals surface area contributed by atoms with Crippen LogP contribution in [0.5, 0.6) is 5.75 Å². The number of benzene rings is 2. The van der Waals surface area contributed by atoms with Crippen molar-refractivity contribution < 1.29 is 9.53 Å². The maximum absolute atomic E-state index is 13.2. The lowest BCUT2D eigenvalue weighted by atomic mass is 10.2. The molecular weight excluding hydrogens is 396 g/mol. The van der Waals surface area contributed by atoms with Crippen molar-refractivity contribution in [2.24, 2.45) is 0 Å². The molecule has 0 saturated carbocycles. The Morgan fingerprint density at radius 1 is 1.00 bits per heavy atom. The van der Waals surface area contributed by atoms with E-state index in [2.05, 4.69) is 10.3 Å². The zero-order valence-corrected chi connectivity index (χ0v) is 16.8. The van der Waals surface area contributed by atoms with E-state index in [1.54, 1.807) is 36.4 Å². The first-order valence-electron chi connectivity index (χ1n) is 9.63. The van der Waals surface area contributed by atoms with Crippen molar-refractivity contribution in [3.05, 3.63) is 99.3 Å². The molecule has 4 aromatic rings. The first-order valence-corrected chi connectivity index (χ1v) is 9.63. The van der Waals surface area contributed by atoms with Gasteiger partial charge in [-0.25, -0.2) is 9.78 Å². The van der Waals surface area contributed by atoms with Crippen LogP contribution < -0.4 is 21.3 Å². The second-order valence-corrected chi connectivity index (χ2v) is 6.90. The summed E-state index contributed by atoms with van der Waals surface area (Å²) in [6.45, 7) is -0.195. The Hall–Kier alpha value is -4.20. The lowest BCUT2D eigenvalue weighted by molar-refractivity contribution is -0.116. The molecule has 8 nitrogen and oxygen atoms in total. The molecule has 0 spiro atoms. The Labute approximate surface area is 177 Å². The van der Waals surface area contributed by atoms with Crippen molar-refractivity contribution in [1.82, 2.24) is 14.1 Å². The Bertz CT molecular complexity index is 1360. The molecule has 0 aliphatic heterocycles. The number of anilines is 1. The van der Waals surface area contributed by atoms with Gasteiger partial charge in [0, 0.05) is 18.0 Å². The van der Waals surface area contributed by atoms with Crippen molar-refractivity contribution in [3.8, 4) is 5.75 Å². The van der Waals surface area contributed by atoms with Crippen molar-refractivity contribution in [2.75, 3.05) is 12.4 Å². The average Bonchev–Trinajstić information content (AvgIpc) is 2.80. The van der Waals surface area contributed by atoms with E-state index in [4.69, 9.17) is 4.74 Å². The van der Waals surface area contributed by atoms with Crippen LogP contribution in [-0.2, 0) is 17.9 Å². The molecule has 31 heavy (non-hydrogen) atoms. The number of methoxy groups -OCH3 is 1. The van der Waals surface area contributed by atoms with Gasteiger partial charge in [0.2, 0.25) is 5.91 Å². The van der Waals surface area contributed by atoms with Gasteiger partial charge in [-0.1, -0.05) is 36.4 Å². The standard InChI is InChI=1S/C23H20N4O4/c1-31-18-10-5-9-17(13-18)25-20(28)15-26-21-19(11-6-12-24-21)22(29)27(23(26)30)14-16-7-3-2-4-8-16/h2-13H,14-15H2,1H3,(H,25,28). The lowest BCUT2D eigenvalue weighted by Crippen LogP contribution is -2.42. The van der Waals surface area contributed by atoms with Crippen molar-refractivity contribution in [2.45, 2.75) is 13.1 Å². The predicted molar refractivity (Wildman–Crippen MR) is 117 cm³/mol. The van der Waals surface area contributed by atoms with E-state index in [0.29, 0.717) is 11.4 Å². The molecule has 0 bridgehead atoms. The molecule has 0 radical (unpaired) electrons. The minimum atomic E-state index is -0.596. The second kappa shape index (κ2) is 8.66. The van der Waals surface area contributed by atoms with Crippen molar-refractivity contribution in [1.29, 1.82) is 0 Å². The lowest BCUT2D eigenvalue weighted by Gasteiger charge is -2.14. The van der Waals surface area contributed by atoms with E-state index in [1.807, 2.05) is 30.3 Å². The zero-order valence-electron chi connectivity index (χ0n) is 16.8. The van der Waals surface area contributed by atoms with E-state index >= 15 is 0 Å². The molecule has 0 fully saturated rings. The van der Waals surface area contributed by atoms with Gasteiger partial charge in [-0.05, 0) is 29.8 Å². The molecule has 1 amide bonds. The summed E-state index contributed by atoms with van der Waals surface area (Å²) in [5, 5.41) is 3.02. The summed E-state index contributed by atoms with van der Waals surface area (Å²) in [4.78, 5) is 43.0. The molecule has 2 heterocycles. The zero-order chi connectivity index (χ0) is 21.8. The van der Waals surface area contributed by atoms with Gasteiger partial charge in [0.1, 0.15) is 17.9 Å². The van der Waals surface area contributed by atoms with Gasteiger partial charge < -0.3 is 10.1 Å². The van der Waals surface area contributed by atoms with Crippen LogP contribution in [0.3, 0.4) is 0 Å². The fraction of sp³-hybridized carbons (Fsp3) is 0.130. The molecule has 156 valence electrons. The number of rotatable bonds is 6. The number of fused-ring (bicyclic) bond motifs is 1. The third-order valence-corrected chi connectivity index (χ3v) is 4.82. The number of nitrogens with one attached hydrogen (secondary N) is 1. The highest BCUT2D eigenvalue weighted by Gasteiger charge is 2.16. The molecule has 1 N–H and O–H groups in total. The van der Waals surface area contributed by atoms with Gasteiger partial charge in [-0.3, -0.25) is 18.7 Å². The van der Waals surface area contributed by atoms with Crippen LogP contribution in [-0.4, -0.2) is 27.1 Å². The number of pyridine rings is 1. The van der Waals surface area contributed by atoms with Crippen LogP contribution in [0.1, 0.15) is 5.56 Å². The number of ether oxygens (including phenoxy) is 1. The molecule has 0 saturated heterocycles. The van der Waals surface area contributed by atoms with Gasteiger partial charge in [0.05, 0.1) is 19.0 Å². The smallest absolute Gasteiger partial charge is 0.333 e. The highest BCUT2D eigenvalue weighted by atomic mass is 16.5. The summed E-state index contributed by atoms with van der Waals surface area (Å²) in [5.74, 6) is 0.172. The summed E-state index contributed by atoms with van der Waals surface area (Å²) < 4.78 is 7.50. The van der Waals surface area contributed by atoms with Crippen LogP contribution in [0.25, 0.3) is 11.0 Å². The monoisotopic (exact) mass is 416 g/mol. The van der Waals surface area contributed by atoms with Crippen LogP contribution in [0.4, 0.5) is 5.69 Å². The highest BCUT2D eigenvalue weighted by molar-refractivity contribution is 5.91. The summed E-state index contributed by atoms with van der Waals surface area (Å²) in [7, 11) is 1.54. The second-order valence-electron chi connectivity index (χ2n) is 6.90. The predicted octanol–water partition coefficient (Wildman–Crippen LogP) is 2.25. The Kier molecular flexibility index (Phi) is 5.61. The number of carbonyl (C=O) groups is 1. The van der Waals surface area contributed by atoms with E-state index in [1.165, 1.54) is 17.9 Å². The molecule has 0 atom stereocenters. The molecule has 2 aromatic carbocycles. The molecule has 4 rings (SSSR count). The van der Waals surface area contributed by atoms with Gasteiger partial charge in [-0.2, -0.15) is 0 Å². The summed E-state index contributed by atoms with van der Waals surface area (Å²) in [6, 6.07) is 19.3. The first-order chi connectivity index (χ1) is 15.1. The molecule has 2 aromatic heterocycles. The number of amides is 1. The van der Waals surface area contributed by atoms with Crippen LogP contribution >= 0.6 is 0 Å². The number of hydrogen-bond acceptors (Lipinski definition) is 5. The normalized spacial score (nSPS) is 10.7. The molecule has 8 heteroatoms. The summed E-state index contributed by atoms with van der Waals surface area (Å²) in [6.07, 6.45) is 1.49. The minimum Gasteiger partial charge on any atom is -0.497 e. The Morgan fingerprint density at radius 3 is 2.58 bits per heavy atom. The van der Waals surface area contributed by atoms with Crippen LogP contribution in [0.2, 0.25) is 0 Å². The molecule has 0 aliphatic rings. The molecule has 0 aliphatic carbocycles. The van der Waals surface area contributed by atoms with Crippen LogP contribution in [0, 0.1) is 0 Å². The Balaban J connectivity index is 1.73. The fourth-order valence-electron chi connectivity index (χ4n) is 3.34. The maximum atomic E-state index is 13.2. The van der Waals surface area contributed by atoms with Gasteiger partial charge >= 0.3 is 5.69 Å². The third-order valence-electron chi connectivity index (χ3n) is 4.82. The maximum Gasteiger partial charge on any atom is 0.333 e. The minimum absolute atomic E-state index is 0.0981. The summed E-state index contributed by atoms with van der Waals surface area (Å²) in [5.41, 5.74) is 0.467. The quantitative estimate of drug-likeness (QED) is 0.520. The van der Waals surface area contributed by atoms with E-state index in [-0.39, 0.29) is 24.1 Å². The van der Waals surface area contributed by atoms with E-state index < -0.39 is 17.2 Å². The molecular formula is C23H20N4O4. The average molecular weight is 416 g/mol. The Morgan fingerprint density at radius 2 is 1.81 bits per heavy atom. The van der Waals surface area contributed by atoms with E-state index in [0.717, 1.165) is 10.1 Å². The number of carbonyl (C=O) groups excluding carboxylic acids is 1. The first kappa shape index (κ1) is 20.1. The topological polar surface area (TPSA) is 95.2 Å². The van der Waals surface area contributed by atoms with Crippen molar-refractivity contribution >= 4 is 22.6 Å².